The Hall–Kier alpha value is -2.34. The molecule has 0 aliphatic heterocycles. The molecule has 0 aliphatic carbocycles. The Bertz CT molecular complexity index is 649. The molecule has 0 aliphatic rings. The number of rotatable bonds is 5. The van der Waals surface area contributed by atoms with Crippen molar-refractivity contribution in [1.82, 2.24) is 9.78 Å². The largest absolute Gasteiger partial charge is 0.387 e. The van der Waals surface area contributed by atoms with Crippen LogP contribution in [0.2, 0.25) is 0 Å². The topological polar surface area (TPSA) is 79.2 Å². The number of nitrogens with zero attached hydrogens (tertiary/aromatic N) is 2. The molecule has 0 bridgehead atoms. The molecule has 0 spiro atoms. The van der Waals surface area contributed by atoms with Gasteiger partial charge in [0.25, 0.3) is 0 Å². The molecule has 21 heavy (non-hydrogen) atoms. The summed E-state index contributed by atoms with van der Waals surface area (Å²) in [7, 11) is 1.93. The fourth-order valence-corrected chi connectivity index (χ4v) is 2.17. The maximum Gasteiger partial charge on any atom is 0.250 e. The van der Waals surface area contributed by atoms with E-state index in [4.69, 9.17) is 5.11 Å². The first-order valence-electron chi connectivity index (χ1n) is 6.75. The highest BCUT2D eigenvalue weighted by Gasteiger charge is 2.09. The van der Waals surface area contributed by atoms with E-state index >= 15 is 0 Å². The zero-order valence-corrected chi connectivity index (χ0v) is 12.5. The molecule has 0 fully saturated rings. The molecule has 112 valence electrons. The highest BCUT2D eigenvalue weighted by Crippen LogP contribution is 2.18. The Balaban J connectivity index is 2.06. The van der Waals surface area contributed by atoms with E-state index < -0.39 is 12.5 Å². The average molecular weight is 288 g/mol. The van der Waals surface area contributed by atoms with E-state index in [1.54, 1.807) is 6.07 Å². The Morgan fingerprint density at radius 2 is 2.05 bits per heavy atom. The van der Waals surface area contributed by atoms with Crippen LogP contribution in [0.3, 0.4) is 0 Å². The zero-order chi connectivity index (χ0) is 15.4. The predicted molar refractivity (Wildman–Crippen MR) is 82.2 cm³/mol. The minimum absolute atomic E-state index is 0.425. The minimum Gasteiger partial charge on any atom is -0.387 e. The third-order valence-corrected chi connectivity index (χ3v) is 3.42. The number of aryl methyl sites for hydroxylation is 2. The maximum atomic E-state index is 11.2. The molecule has 1 aromatic carbocycles. The summed E-state index contributed by atoms with van der Waals surface area (Å²) in [6.45, 7) is 4.17. The Morgan fingerprint density at radius 3 is 2.67 bits per heavy atom. The van der Waals surface area contributed by atoms with Crippen LogP contribution in [0.25, 0.3) is 0 Å². The van der Waals surface area contributed by atoms with Gasteiger partial charge < -0.3 is 15.7 Å². The standard InChI is InChI=1S/C15H20N4O2/c1-10-14(11(2)19(3)18-10)8-16-12-5-4-6-13(7-12)17-15(21)9-20/h4-7,16,20H,8-9H2,1-3H3,(H,17,21). The summed E-state index contributed by atoms with van der Waals surface area (Å²) >= 11 is 0. The molecule has 3 N–H and O–H groups in total. The third-order valence-electron chi connectivity index (χ3n) is 3.42. The molecule has 1 heterocycles. The van der Waals surface area contributed by atoms with Crippen LogP contribution in [0, 0.1) is 13.8 Å². The third kappa shape index (κ3) is 3.61. The van der Waals surface area contributed by atoms with Crippen LogP contribution in [0.4, 0.5) is 11.4 Å². The first kappa shape index (κ1) is 15.1. The Kier molecular flexibility index (Phi) is 4.59. The van der Waals surface area contributed by atoms with Gasteiger partial charge in [-0.05, 0) is 32.0 Å². The van der Waals surface area contributed by atoms with Crippen LogP contribution >= 0.6 is 0 Å². The van der Waals surface area contributed by atoms with E-state index in [1.807, 2.05) is 43.8 Å². The second kappa shape index (κ2) is 6.41. The number of carbonyl (C=O) groups is 1. The van der Waals surface area contributed by atoms with Crippen LogP contribution < -0.4 is 10.6 Å². The van der Waals surface area contributed by atoms with Crippen molar-refractivity contribution in [2.24, 2.45) is 7.05 Å². The van der Waals surface area contributed by atoms with Crippen LogP contribution in [-0.4, -0.2) is 27.4 Å². The van der Waals surface area contributed by atoms with Gasteiger partial charge >= 0.3 is 0 Å². The zero-order valence-electron chi connectivity index (χ0n) is 12.5. The second-order valence-electron chi connectivity index (χ2n) is 4.91. The molecule has 0 unspecified atom stereocenters. The smallest absolute Gasteiger partial charge is 0.250 e. The van der Waals surface area contributed by atoms with Crippen LogP contribution in [0.1, 0.15) is 17.0 Å². The molecule has 0 saturated carbocycles. The Morgan fingerprint density at radius 1 is 1.33 bits per heavy atom. The van der Waals surface area contributed by atoms with Gasteiger partial charge in [-0.15, -0.1) is 0 Å². The predicted octanol–water partition coefficient (Wildman–Crippen LogP) is 1.58. The molecule has 1 amide bonds. The van der Waals surface area contributed by atoms with Gasteiger partial charge in [0.2, 0.25) is 5.91 Å². The number of nitrogens with one attached hydrogen (secondary N) is 2. The summed E-state index contributed by atoms with van der Waals surface area (Å²) in [6.07, 6.45) is 0. The highest BCUT2D eigenvalue weighted by molar-refractivity contribution is 5.91. The summed E-state index contributed by atoms with van der Waals surface area (Å²) in [5, 5.41) is 19.1. The number of benzene rings is 1. The van der Waals surface area contributed by atoms with Gasteiger partial charge in [0.1, 0.15) is 6.61 Å². The van der Waals surface area contributed by atoms with Crippen molar-refractivity contribution in [3.05, 3.63) is 41.2 Å². The van der Waals surface area contributed by atoms with Crippen molar-refractivity contribution in [3.63, 3.8) is 0 Å². The number of carbonyl (C=O) groups excluding carboxylic acids is 1. The van der Waals surface area contributed by atoms with Crippen molar-refractivity contribution in [1.29, 1.82) is 0 Å². The molecule has 0 saturated heterocycles. The SMILES string of the molecule is Cc1nn(C)c(C)c1CNc1cccc(NC(=O)CO)c1. The van der Waals surface area contributed by atoms with Crippen LogP contribution in [-0.2, 0) is 18.4 Å². The van der Waals surface area contributed by atoms with Gasteiger partial charge in [-0.25, -0.2) is 0 Å². The van der Waals surface area contributed by atoms with Gasteiger partial charge in [-0.2, -0.15) is 5.10 Å². The van der Waals surface area contributed by atoms with Gasteiger partial charge in [0.15, 0.2) is 0 Å². The maximum absolute atomic E-state index is 11.2. The fraction of sp³-hybridized carbons (Fsp3) is 0.333. The lowest BCUT2D eigenvalue weighted by Gasteiger charge is -2.09. The lowest BCUT2D eigenvalue weighted by atomic mass is 10.2. The number of hydrogen-bond donors (Lipinski definition) is 3. The molecule has 0 radical (unpaired) electrons. The van der Waals surface area contributed by atoms with Gasteiger partial charge in [-0.1, -0.05) is 6.07 Å². The van der Waals surface area contributed by atoms with E-state index in [2.05, 4.69) is 15.7 Å². The summed E-state index contributed by atoms with van der Waals surface area (Å²) in [6, 6.07) is 7.38. The summed E-state index contributed by atoms with van der Waals surface area (Å²) in [5.74, 6) is -0.425. The molecule has 2 rings (SSSR count). The number of aromatic nitrogens is 2. The summed E-state index contributed by atoms with van der Waals surface area (Å²) in [5.41, 5.74) is 4.85. The quantitative estimate of drug-likeness (QED) is 0.780. The Labute approximate surface area is 123 Å². The molecule has 6 nitrogen and oxygen atoms in total. The second-order valence-corrected chi connectivity index (χ2v) is 4.91. The number of aliphatic hydroxyl groups is 1. The average Bonchev–Trinajstić information content (AvgIpc) is 2.70. The van der Waals surface area contributed by atoms with E-state index in [1.165, 1.54) is 5.56 Å². The van der Waals surface area contributed by atoms with E-state index in [0.717, 1.165) is 17.1 Å². The van der Waals surface area contributed by atoms with Crippen molar-refractivity contribution in [3.8, 4) is 0 Å². The monoisotopic (exact) mass is 288 g/mol. The normalized spacial score (nSPS) is 10.5. The van der Waals surface area contributed by atoms with Crippen LogP contribution in [0.5, 0.6) is 0 Å². The van der Waals surface area contributed by atoms with Crippen molar-refractivity contribution in [2.45, 2.75) is 20.4 Å². The first-order valence-corrected chi connectivity index (χ1v) is 6.75. The summed E-state index contributed by atoms with van der Waals surface area (Å²) < 4.78 is 1.87. The molecular formula is C15H20N4O2. The van der Waals surface area contributed by atoms with Gasteiger partial charge in [0.05, 0.1) is 5.69 Å². The van der Waals surface area contributed by atoms with Gasteiger partial charge in [-0.3, -0.25) is 9.48 Å². The molecule has 2 aromatic rings. The van der Waals surface area contributed by atoms with Crippen molar-refractivity contribution in [2.75, 3.05) is 17.2 Å². The number of aliphatic hydroxyl groups excluding tert-OH is 1. The highest BCUT2D eigenvalue weighted by atomic mass is 16.3. The number of hydrogen-bond acceptors (Lipinski definition) is 4. The lowest BCUT2D eigenvalue weighted by molar-refractivity contribution is -0.118. The molecule has 1 aromatic heterocycles. The van der Waals surface area contributed by atoms with Crippen molar-refractivity contribution >= 4 is 17.3 Å². The molecule has 0 atom stereocenters. The lowest BCUT2D eigenvalue weighted by Crippen LogP contribution is -2.15. The first-order chi connectivity index (χ1) is 10.0. The van der Waals surface area contributed by atoms with Crippen LogP contribution in [0.15, 0.2) is 24.3 Å². The summed E-state index contributed by atoms with van der Waals surface area (Å²) in [4.78, 5) is 11.2. The molecular weight excluding hydrogens is 268 g/mol. The molecule has 6 heteroatoms. The fourth-order valence-electron chi connectivity index (χ4n) is 2.17. The number of amides is 1. The minimum atomic E-state index is -0.522. The van der Waals surface area contributed by atoms with E-state index in [0.29, 0.717) is 12.2 Å². The van der Waals surface area contributed by atoms with E-state index in [-0.39, 0.29) is 0 Å². The van der Waals surface area contributed by atoms with E-state index in [9.17, 15) is 4.79 Å². The van der Waals surface area contributed by atoms with Gasteiger partial charge in [0, 0.05) is 36.2 Å². The van der Waals surface area contributed by atoms with Crippen molar-refractivity contribution < 1.29 is 9.90 Å². The number of anilines is 2.